The highest BCUT2D eigenvalue weighted by molar-refractivity contribution is 7.17. The largest absolute Gasteiger partial charge is 0.550 e. The molecule has 2 atom stereocenters. The van der Waals surface area contributed by atoms with E-state index >= 15 is 0 Å². The van der Waals surface area contributed by atoms with E-state index in [1.165, 1.54) is 23.5 Å². The fourth-order valence-corrected chi connectivity index (χ4v) is 4.63. The van der Waals surface area contributed by atoms with Gasteiger partial charge in [-0.15, -0.1) is 11.3 Å². The van der Waals surface area contributed by atoms with Gasteiger partial charge in [0.05, 0.1) is 12.5 Å². The zero-order valence-electron chi connectivity index (χ0n) is 16.6. The lowest BCUT2D eigenvalue weighted by Gasteiger charge is -2.28. The molecule has 3 rings (SSSR count). The summed E-state index contributed by atoms with van der Waals surface area (Å²) in [5.74, 6) is -4.52. The molecule has 1 heterocycles. The number of ether oxygens (including phenoxy) is 1. The van der Waals surface area contributed by atoms with Gasteiger partial charge in [0.2, 0.25) is 5.91 Å². The van der Waals surface area contributed by atoms with Gasteiger partial charge >= 0.3 is 5.97 Å². The molecular weight excluding hydrogens is 409 g/mol. The summed E-state index contributed by atoms with van der Waals surface area (Å²) in [4.78, 5) is 37.8. The first-order valence-corrected chi connectivity index (χ1v) is 10.4. The predicted octanol–water partition coefficient (Wildman–Crippen LogP) is 3.31. The summed E-state index contributed by atoms with van der Waals surface area (Å²) in [5.41, 5.74) is 1.34. The van der Waals surface area contributed by atoms with Gasteiger partial charge in [0.25, 0.3) is 0 Å². The molecule has 158 valence electrons. The lowest BCUT2D eigenvalue weighted by Crippen LogP contribution is -2.41. The van der Waals surface area contributed by atoms with Crippen molar-refractivity contribution in [2.24, 2.45) is 11.8 Å². The van der Waals surface area contributed by atoms with Crippen molar-refractivity contribution in [3.8, 4) is 11.1 Å². The van der Waals surface area contributed by atoms with Crippen LogP contribution in [0.25, 0.3) is 11.1 Å². The van der Waals surface area contributed by atoms with E-state index < -0.39 is 35.5 Å². The molecule has 0 fully saturated rings. The van der Waals surface area contributed by atoms with E-state index in [1.54, 1.807) is 38.1 Å². The molecule has 30 heavy (non-hydrogen) atoms. The Morgan fingerprint density at radius 1 is 1.17 bits per heavy atom. The number of halogens is 1. The Balaban J connectivity index is 2.00. The van der Waals surface area contributed by atoms with Gasteiger partial charge in [-0.25, -0.2) is 9.18 Å². The monoisotopic (exact) mass is 430 g/mol. The van der Waals surface area contributed by atoms with Crippen LogP contribution in [-0.4, -0.2) is 24.5 Å². The van der Waals surface area contributed by atoms with Crippen LogP contribution in [0.15, 0.2) is 36.4 Å². The Morgan fingerprint density at radius 3 is 2.40 bits per heavy atom. The van der Waals surface area contributed by atoms with Crippen molar-refractivity contribution in [1.29, 1.82) is 0 Å². The van der Waals surface area contributed by atoms with Crippen molar-refractivity contribution >= 4 is 34.2 Å². The van der Waals surface area contributed by atoms with Crippen molar-refractivity contribution in [3.05, 3.63) is 52.7 Å². The molecule has 8 heteroatoms. The number of carbonyl (C=O) groups excluding carboxylic acids is 3. The molecule has 1 aromatic heterocycles. The lowest BCUT2D eigenvalue weighted by molar-refractivity contribution is -0.313. The number of benzene rings is 1. The van der Waals surface area contributed by atoms with Crippen molar-refractivity contribution in [3.63, 3.8) is 0 Å². The van der Waals surface area contributed by atoms with Crippen LogP contribution in [0.4, 0.5) is 9.39 Å². The number of carbonyl (C=O) groups is 3. The normalized spacial score (nSPS) is 18.1. The number of amides is 1. The van der Waals surface area contributed by atoms with Crippen LogP contribution in [0, 0.1) is 24.6 Å². The molecule has 1 aliphatic carbocycles. The molecule has 1 amide bonds. The van der Waals surface area contributed by atoms with Crippen LogP contribution >= 0.6 is 11.3 Å². The van der Waals surface area contributed by atoms with Crippen LogP contribution in [0.2, 0.25) is 0 Å². The highest BCUT2D eigenvalue weighted by Gasteiger charge is 2.32. The van der Waals surface area contributed by atoms with E-state index in [2.05, 4.69) is 5.32 Å². The first-order valence-electron chi connectivity index (χ1n) is 9.56. The number of aliphatic carboxylic acids is 1. The highest BCUT2D eigenvalue weighted by Crippen LogP contribution is 2.41. The number of rotatable bonds is 6. The van der Waals surface area contributed by atoms with Crippen LogP contribution < -0.4 is 10.4 Å². The summed E-state index contributed by atoms with van der Waals surface area (Å²) in [6.45, 7) is 3.60. The van der Waals surface area contributed by atoms with E-state index in [9.17, 15) is 23.9 Å². The quantitative estimate of drug-likeness (QED) is 0.560. The predicted molar refractivity (Wildman–Crippen MR) is 109 cm³/mol. The third-order valence-electron chi connectivity index (χ3n) is 5.01. The number of thiophene rings is 1. The van der Waals surface area contributed by atoms with E-state index in [0.717, 1.165) is 4.88 Å². The van der Waals surface area contributed by atoms with Gasteiger partial charge in [-0.05, 0) is 44.4 Å². The van der Waals surface area contributed by atoms with Gasteiger partial charge in [0.15, 0.2) is 0 Å². The smallest absolute Gasteiger partial charge is 0.341 e. The van der Waals surface area contributed by atoms with E-state index in [1.807, 2.05) is 0 Å². The minimum atomic E-state index is -1.28. The molecule has 2 aromatic rings. The first kappa shape index (κ1) is 21.7. The molecule has 0 spiro atoms. The lowest BCUT2D eigenvalue weighted by atomic mass is 9.82. The second kappa shape index (κ2) is 9.21. The maximum absolute atomic E-state index is 13.4. The zero-order valence-corrected chi connectivity index (χ0v) is 17.4. The molecule has 1 aromatic carbocycles. The number of esters is 1. The second-order valence-corrected chi connectivity index (χ2v) is 8.15. The van der Waals surface area contributed by atoms with Crippen LogP contribution in [0.3, 0.4) is 0 Å². The van der Waals surface area contributed by atoms with Gasteiger partial charge in [-0.2, -0.15) is 0 Å². The van der Waals surface area contributed by atoms with Gasteiger partial charge in [-0.1, -0.05) is 24.3 Å². The summed E-state index contributed by atoms with van der Waals surface area (Å²) in [6.07, 6.45) is 3.97. The minimum Gasteiger partial charge on any atom is -0.550 e. The number of hydrogen-bond donors (Lipinski definition) is 1. The number of nitrogens with one attached hydrogen (secondary N) is 1. The second-order valence-electron chi connectivity index (χ2n) is 6.93. The number of anilines is 1. The van der Waals surface area contributed by atoms with E-state index in [0.29, 0.717) is 11.1 Å². The Kier molecular flexibility index (Phi) is 6.66. The first-order chi connectivity index (χ1) is 14.3. The van der Waals surface area contributed by atoms with Gasteiger partial charge < -0.3 is 20.0 Å². The summed E-state index contributed by atoms with van der Waals surface area (Å²) in [7, 11) is 0. The molecule has 0 saturated heterocycles. The molecule has 0 bridgehead atoms. The Labute approximate surface area is 177 Å². The van der Waals surface area contributed by atoms with Crippen molar-refractivity contribution in [1.82, 2.24) is 0 Å². The number of aryl methyl sites for hydroxylation is 1. The molecule has 2 unspecified atom stereocenters. The Morgan fingerprint density at radius 2 is 1.80 bits per heavy atom. The summed E-state index contributed by atoms with van der Waals surface area (Å²) in [5, 5.41) is 14.4. The highest BCUT2D eigenvalue weighted by atomic mass is 32.1. The van der Waals surface area contributed by atoms with Crippen LogP contribution in [0.5, 0.6) is 0 Å². The molecule has 1 aliphatic rings. The molecule has 0 radical (unpaired) electrons. The standard InChI is InChI=1S/C22H22FNO5S/c1-3-29-22(28)18-17(13-8-10-14(23)11-9-13)12(2)30-20(18)24-19(25)15-6-4-5-7-16(15)21(26)27/h4-5,8-11,15-16H,3,6-7H2,1-2H3,(H,24,25)(H,26,27)/p-1. The molecule has 0 aliphatic heterocycles. The van der Waals surface area contributed by atoms with Gasteiger partial charge in [0.1, 0.15) is 16.4 Å². The zero-order chi connectivity index (χ0) is 21.8. The van der Waals surface area contributed by atoms with Crippen LogP contribution in [-0.2, 0) is 14.3 Å². The van der Waals surface area contributed by atoms with E-state index in [-0.39, 0.29) is 30.0 Å². The topological polar surface area (TPSA) is 95.5 Å². The fraction of sp³-hybridized carbons (Fsp3) is 0.318. The molecular formula is C22H21FNO5S-. The maximum Gasteiger partial charge on any atom is 0.341 e. The average molecular weight is 430 g/mol. The fourth-order valence-electron chi connectivity index (χ4n) is 3.56. The summed E-state index contributed by atoms with van der Waals surface area (Å²) < 4.78 is 18.5. The van der Waals surface area contributed by atoms with Crippen molar-refractivity contribution in [2.45, 2.75) is 26.7 Å². The third kappa shape index (κ3) is 4.43. The number of hydrogen-bond acceptors (Lipinski definition) is 6. The maximum atomic E-state index is 13.4. The molecule has 1 N–H and O–H groups in total. The summed E-state index contributed by atoms with van der Waals surface area (Å²) in [6, 6.07) is 5.68. The van der Waals surface area contributed by atoms with Crippen molar-refractivity contribution < 1.29 is 28.6 Å². The molecule has 0 saturated carbocycles. The minimum absolute atomic E-state index is 0.143. The number of allylic oxidation sites excluding steroid dienone is 2. The van der Waals surface area contributed by atoms with Gasteiger partial charge in [-0.3, -0.25) is 4.79 Å². The Hall–Kier alpha value is -3.00. The molecule has 6 nitrogen and oxygen atoms in total. The van der Waals surface area contributed by atoms with E-state index in [4.69, 9.17) is 4.74 Å². The van der Waals surface area contributed by atoms with Crippen molar-refractivity contribution in [2.75, 3.05) is 11.9 Å². The number of carboxylic acid groups (broad SMARTS) is 1. The average Bonchev–Trinajstić information content (AvgIpc) is 3.04. The third-order valence-corrected chi connectivity index (χ3v) is 6.03. The number of carboxylic acids is 1. The summed E-state index contributed by atoms with van der Waals surface area (Å²) >= 11 is 1.19. The van der Waals surface area contributed by atoms with Crippen LogP contribution in [0.1, 0.15) is 35.0 Å². The Bertz CT molecular complexity index is 996. The SMILES string of the molecule is CCOC(=O)c1c(NC(=O)C2CC=CCC2C(=O)[O-])sc(C)c1-c1ccc(F)cc1. The van der Waals surface area contributed by atoms with Gasteiger partial charge in [0, 0.05) is 22.3 Å².